The van der Waals surface area contributed by atoms with Gasteiger partial charge in [-0.05, 0) is 114 Å². The Morgan fingerprint density at radius 3 is 2.25 bits per heavy atom. The number of halogens is 6. The minimum atomic E-state index is -4.71. The molecule has 7 rings (SSSR count). The van der Waals surface area contributed by atoms with Crippen molar-refractivity contribution in [2.45, 2.75) is 109 Å². The third-order valence-electron chi connectivity index (χ3n) is 11.0. The number of hydrogen-bond donors (Lipinski definition) is 0. The van der Waals surface area contributed by atoms with Gasteiger partial charge in [-0.2, -0.15) is 13.2 Å². The Morgan fingerprint density at radius 2 is 1.70 bits per heavy atom. The molecule has 3 aromatic carbocycles. The molecule has 3 amide bonds. The monoisotopic (exact) mass is 995 g/mol. The highest BCUT2D eigenvalue weighted by atomic mass is 35.5. The van der Waals surface area contributed by atoms with Gasteiger partial charge < -0.3 is 23.6 Å². The molecule has 0 bridgehead atoms. The number of amides is 3. The number of ketones is 1. The number of rotatable bonds is 13. The van der Waals surface area contributed by atoms with Crippen molar-refractivity contribution in [1.29, 1.82) is 0 Å². The van der Waals surface area contributed by atoms with Gasteiger partial charge >= 0.3 is 18.2 Å². The Balaban J connectivity index is 0.000000190. The predicted molar refractivity (Wildman–Crippen MR) is 243 cm³/mol. The summed E-state index contributed by atoms with van der Waals surface area (Å²) in [6, 6.07) is 10.4. The summed E-state index contributed by atoms with van der Waals surface area (Å²) >= 11 is 11.8. The lowest BCUT2D eigenvalue weighted by atomic mass is 10.0. The Bertz CT molecular complexity index is 2640. The van der Waals surface area contributed by atoms with E-state index in [1.54, 1.807) is 25.9 Å². The lowest BCUT2D eigenvalue weighted by Crippen LogP contribution is -2.43. The van der Waals surface area contributed by atoms with Crippen LogP contribution < -0.4 is 14.5 Å². The highest BCUT2D eigenvalue weighted by Gasteiger charge is 2.41. The summed E-state index contributed by atoms with van der Waals surface area (Å²) < 4.78 is 97.5. The minimum Gasteiger partial charge on any atom is -0.489 e. The van der Waals surface area contributed by atoms with Crippen molar-refractivity contribution in [3.8, 4) is 5.75 Å². The van der Waals surface area contributed by atoms with Gasteiger partial charge in [-0.3, -0.25) is 14.4 Å². The topological polar surface area (TPSA) is 163 Å². The summed E-state index contributed by atoms with van der Waals surface area (Å²) in [6.07, 6.45) is 2.73. The van der Waals surface area contributed by atoms with Crippen LogP contribution in [0.15, 0.2) is 75.5 Å². The zero-order chi connectivity index (χ0) is 49.5. The normalized spacial score (nSPS) is 15.6. The lowest BCUT2D eigenvalue weighted by Gasteiger charge is -2.31. The maximum atomic E-state index is 14.3. The van der Waals surface area contributed by atoms with Crippen LogP contribution in [0.3, 0.4) is 0 Å². The number of para-hydroxylation sites is 1. The predicted octanol–water partition coefficient (Wildman–Crippen LogP) is 10.9. The number of carbonyl (C=O) groups excluding carboxylic acids is 4. The zero-order valence-electron chi connectivity index (χ0n) is 37.9. The van der Waals surface area contributed by atoms with E-state index < -0.39 is 50.1 Å². The van der Waals surface area contributed by atoms with Crippen LogP contribution in [0.5, 0.6) is 5.75 Å². The third kappa shape index (κ3) is 12.6. The number of allylic oxidation sites excluding steroid dienone is 1. The van der Waals surface area contributed by atoms with E-state index in [0.717, 1.165) is 80.1 Å². The van der Waals surface area contributed by atoms with Gasteiger partial charge in [-0.15, -0.1) is 11.6 Å². The molecule has 1 aromatic heterocycles. The summed E-state index contributed by atoms with van der Waals surface area (Å²) in [5.41, 5.74) is 2.15. The van der Waals surface area contributed by atoms with Crippen LogP contribution >= 0.6 is 23.2 Å². The van der Waals surface area contributed by atoms with Gasteiger partial charge in [0.1, 0.15) is 17.4 Å². The van der Waals surface area contributed by atoms with E-state index in [9.17, 15) is 45.2 Å². The van der Waals surface area contributed by atoms with Crippen molar-refractivity contribution in [1.82, 2.24) is 5.16 Å². The van der Waals surface area contributed by atoms with E-state index >= 15 is 0 Å². The number of benzene rings is 3. The number of anilines is 2. The number of aromatic nitrogens is 1. The lowest BCUT2D eigenvalue weighted by molar-refractivity contribution is -0.137. The van der Waals surface area contributed by atoms with E-state index in [4.69, 9.17) is 41.9 Å². The summed E-state index contributed by atoms with van der Waals surface area (Å²) in [5.74, 6) is -1.76. The molecule has 67 heavy (non-hydrogen) atoms. The molecule has 2 aliphatic carbocycles. The van der Waals surface area contributed by atoms with Crippen LogP contribution in [0.2, 0.25) is 5.02 Å². The molecule has 4 aromatic rings. The number of hydrogen-bond acceptors (Lipinski definition) is 11. The van der Waals surface area contributed by atoms with Crippen LogP contribution in [-0.2, 0) is 41.5 Å². The molecule has 13 nitrogen and oxygen atoms in total. The van der Waals surface area contributed by atoms with Crippen LogP contribution in [0.4, 0.5) is 33.7 Å². The smallest absolute Gasteiger partial charge is 0.427 e. The fourth-order valence-corrected chi connectivity index (χ4v) is 8.79. The van der Waals surface area contributed by atoms with E-state index in [1.807, 2.05) is 26.0 Å². The number of aryl methyl sites for hydroxylation is 2. The highest BCUT2D eigenvalue weighted by molar-refractivity contribution is 7.90. The second-order valence-corrected chi connectivity index (χ2v) is 19.1. The Hall–Kier alpha value is -5.30. The van der Waals surface area contributed by atoms with E-state index in [-0.39, 0.29) is 63.2 Å². The van der Waals surface area contributed by atoms with Gasteiger partial charge in [0, 0.05) is 30.9 Å². The van der Waals surface area contributed by atoms with Crippen molar-refractivity contribution in [2.24, 2.45) is 0 Å². The first-order valence-electron chi connectivity index (χ1n) is 21.3. The summed E-state index contributed by atoms with van der Waals surface area (Å²) in [7, 11) is -2.40. The molecule has 1 saturated heterocycles. The molecular weight excluding hydrogens is 945 g/mol. The minimum absolute atomic E-state index is 0.00962. The fourth-order valence-electron chi connectivity index (χ4n) is 7.57. The molecule has 0 N–H and O–H groups in total. The average Bonchev–Trinajstić information content (AvgIpc) is 3.60. The Labute approximate surface area is 396 Å². The molecule has 0 spiro atoms. The number of carbonyl (C=O) groups is 4. The number of alkyl halides is 4. The van der Waals surface area contributed by atoms with E-state index in [0.29, 0.717) is 35.0 Å². The molecule has 362 valence electrons. The van der Waals surface area contributed by atoms with Gasteiger partial charge in [-0.25, -0.2) is 22.5 Å². The third-order valence-corrected chi connectivity index (χ3v) is 12.6. The molecule has 1 atom stereocenters. The number of nitrogens with zero attached hydrogens (tertiary/aromatic N) is 3. The van der Waals surface area contributed by atoms with Crippen molar-refractivity contribution in [3.63, 3.8) is 0 Å². The number of ether oxygens (including phenoxy) is 3. The molecule has 3 fully saturated rings. The first-order valence-corrected chi connectivity index (χ1v) is 24.1. The standard InChI is InChI=1S/C17H17ClFNO4.C15H22ClNO2.C15H12F3NO4S/c1-9(2)15-16(21)20(17(22)24-15)13-8-14(11(18)7-12(13)19)23-10-5-3-4-6-10;1-5-13-8-6-7-11(2)15(13)17(14(18)9-16)12(3)10-19-4;1-24(21,22)12-6-9(15(16,17)18)4-5-10(12)13(20)11-7-19-23-14(11)8-2-3-8/h7-8,10H,3-6H2,1-2H3;6-8,12H,5,9-10H2,1-4H3;4-8H,2-3H2,1H3. The van der Waals surface area contributed by atoms with Crippen molar-refractivity contribution in [3.05, 3.63) is 110 Å². The van der Waals surface area contributed by atoms with Gasteiger partial charge in [0.25, 0.3) is 0 Å². The molecular formula is C47H51Cl2F4N3O10S. The molecule has 20 heteroatoms. The quantitative estimate of drug-likeness (QED) is 0.0542. The maximum Gasteiger partial charge on any atom is 0.427 e. The average molecular weight is 997 g/mol. The fraction of sp³-hybridized carbons (Fsp3) is 0.426. The molecule has 2 heterocycles. The van der Waals surface area contributed by atoms with Gasteiger partial charge in [0.05, 0.1) is 57.4 Å². The summed E-state index contributed by atoms with van der Waals surface area (Å²) in [4.78, 5) is 50.9. The van der Waals surface area contributed by atoms with Crippen molar-refractivity contribution >= 4 is 68.1 Å². The summed E-state index contributed by atoms with van der Waals surface area (Å²) in [5, 5.41) is 3.66. The van der Waals surface area contributed by atoms with Crippen LogP contribution in [0.1, 0.15) is 111 Å². The Morgan fingerprint density at radius 1 is 1.03 bits per heavy atom. The van der Waals surface area contributed by atoms with Crippen molar-refractivity contribution in [2.75, 3.05) is 35.7 Å². The first kappa shape index (κ1) is 52.7. The van der Waals surface area contributed by atoms with Gasteiger partial charge in [0.2, 0.25) is 5.91 Å². The van der Waals surface area contributed by atoms with Crippen LogP contribution in [0, 0.1) is 12.7 Å². The largest absolute Gasteiger partial charge is 0.489 e. The van der Waals surface area contributed by atoms with Crippen LogP contribution in [0.25, 0.3) is 0 Å². The second kappa shape index (κ2) is 22.2. The maximum absolute atomic E-state index is 14.3. The molecule has 2 saturated carbocycles. The van der Waals surface area contributed by atoms with E-state index in [2.05, 4.69) is 18.1 Å². The summed E-state index contributed by atoms with van der Waals surface area (Å²) in [6.45, 7) is 9.83. The number of methoxy groups -OCH3 is 1. The number of cyclic esters (lactones) is 1. The van der Waals surface area contributed by atoms with Gasteiger partial charge in [-0.1, -0.05) is 41.9 Å². The van der Waals surface area contributed by atoms with Crippen molar-refractivity contribution < 1.29 is 63.9 Å². The molecule has 3 aliphatic rings. The highest BCUT2D eigenvalue weighted by Crippen LogP contribution is 2.43. The van der Waals surface area contributed by atoms with Gasteiger partial charge in [0.15, 0.2) is 27.1 Å². The Kier molecular flexibility index (Phi) is 17.5. The first-order chi connectivity index (χ1) is 31.5. The zero-order valence-corrected chi connectivity index (χ0v) is 40.2. The number of imide groups is 1. The number of sulfone groups is 1. The molecule has 1 unspecified atom stereocenters. The SMILES string of the molecule is CC(C)=C1OC(=O)N(c2cc(OC3CCCC3)c(Cl)cc2F)C1=O.CCc1cccc(C)c1N(C(=O)CCl)C(C)COC.CS(=O)(=O)c1cc(C(F)(F)F)ccc1C(=O)c1cnoc1C1CC1. The second-order valence-electron chi connectivity index (χ2n) is 16.4. The van der Waals surface area contributed by atoms with Crippen LogP contribution in [-0.4, -0.2) is 75.3 Å². The van der Waals surface area contributed by atoms with E-state index in [1.165, 1.54) is 12.3 Å². The molecule has 0 radical (unpaired) electrons. The molecule has 1 aliphatic heterocycles.